The van der Waals surface area contributed by atoms with E-state index in [4.69, 9.17) is 16.3 Å². The van der Waals surface area contributed by atoms with E-state index in [1.807, 2.05) is 18.2 Å². The molecule has 5 nitrogen and oxygen atoms in total. The third kappa shape index (κ3) is 5.67. The van der Waals surface area contributed by atoms with Crippen LogP contribution in [0.2, 0.25) is 5.02 Å². The van der Waals surface area contributed by atoms with Gasteiger partial charge in [-0.25, -0.2) is 0 Å². The largest absolute Gasteiger partial charge is 0.383 e. The Kier molecular flexibility index (Phi) is 7.76. The van der Waals surface area contributed by atoms with Gasteiger partial charge in [-0.15, -0.1) is 0 Å². The molecule has 0 radical (unpaired) electrons. The summed E-state index contributed by atoms with van der Waals surface area (Å²) in [5.74, 6) is 0.0542. The van der Waals surface area contributed by atoms with Gasteiger partial charge in [0.25, 0.3) is 0 Å². The highest BCUT2D eigenvalue weighted by Gasteiger charge is 2.36. The van der Waals surface area contributed by atoms with Gasteiger partial charge in [0.15, 0.2) is 0 Å². The molecule has 1 amide bonds. The zero-order chi connectivity index (χ0) is 22.3. The number of hydrogen-bond acceptors (Lipinski definition) is 4. The van der Waals surface area contributed by atoms with Crippen LogP contribution in [-0.4, -0.2) is 49.7 Å². The molecule has 1 saturated heterocycles. The number of rotatable bonds is 9. The summed E-state index contributed by atoms with van der Waals surface area (Å²) in [5, 5.41) is 9.94. The van der Waals surface area contributed by atoms with Gasteiger partial charge in [0.2, 0.25) is 5.91 Å². The lowest BCUT2D eigenvalue weighted by molar-refractivity contribution is -0.125. The average Bonchev–Trinajstić information content (AvgIpc) is 3.20. The second-order valence-electron chi connectivity index (χ2n) is 8.31. The molecule has 2 atom stereocenters. The number of carbonyl (C=O) groups excluding carboxylic acids is 1. The quantitative estimate of drug-likeness (QED) is 0.483. The summed E-state index contributed by atoms with van der Waals surface area (Å²) in [6, 6.07) is 22.8. The Bertz CT molecular complexity index is 1050. The average molecular weight is 452 g/mol. The van der Waals surface area contributed by atoms with E-state index in [1.165, 1.54) is 16.3 Å². The van der Waals surface area contributed by atoms with Crippen LogP contribution in [-0.2, 0) is 22.6 Å². The predicted octanol–water partition coefficient (Wildman–Crippen LogP) is 3.99. The molecule has 0 aromatic heterocycles. The molecular formula is C26H30ClN3O2. The Balaban J connectivity index is 1.45. The van der Waals surface area contributed by atoms with Crippen LogP contribution in [0.15, 0.2) is 66.7 Å². The summed E-state index contributed by atoms with van der Waals surface area (Å²) in [5.41, 5.74) is 2.39. The standard InChI is InChI=1S/C26H30ClN3O2/c1-32-13-12-28-26(31)25-15-23(18-30(25)17-19-6-4-10-22(27)14-19)29-16-21-9-5-8-20-7-2-3-11-24(20)21/h2-11,14,23,25,29H,12-13,15-18H2,1H3,(H,28,31)/t23-,25+/m1/s1. The predicted molar refractivity (Wildman–Crippen MR) is 130 cm³/mol. The zero-order valence-electron chi connectivity index (χ0n) is 18.4. The molecule has 0 saturated carbocycles. The van der Waals surface area contributed by atoms with Crippen molar-refractivity contribution in [2.45, 2.75) is 31.6 Å². The van der Waals surface area contributed by atoms with Gasteiger partial charge in [0.1, 0.15) is 0 Å². The fourth-order valence-corrected chi connectivity index (χ4v) is 4.68. The first-order valence-electron chi connectivity index (χ1n) is 11.1. The van der Waals surface area contributed by atoms with E-state index >= 15 is 0 Å². The summed E-state index contributed by atoms with van der Waals surface area (Å²) < 4.78 is 5.08. The third-order valence-corrected chi connectivity index (χ3v) is 6.28. The third-order valence-electron chi connectivity index (χ3n) is 6.05. The van der Waals surface area contributed by atoms with Gasteiger partial charge in [-0.1, -0.05) is 66.2 Å². The highest BCUT2D eigenvalue weighted by Crippen LogP contribution is 2.24. The summed E-state index contributed by atoms with van der Waals surface area (Å²) in [6.07, 6.45) is 0.768. The van der Waals surface area contributed by atoms with Gasteiger partial charge in [0.05, 0.1) is 12.6 Å². The van der Waals surface area contributed by atoms with Crippen molar-refractivity contribution in [3.63, 3.8) is 0 Å². The van der Waals surface area contributed by atoms with E-state index in [0.717, 1.165) is 25.1 Å². The lowest BCUT2D eigenvalue weighted by Crippen LogP contribution is -2.43. The second-order valence-corrected chi connectivity index (χ2v) is 8.75. The minimum absolute atomic E-state index is 0.0542. The van der Waals surface area contributed by atoms with Crippen molar-refractivity contribution in [3.05, 3.63) is 82.9 Å². The van der Waals surface area contributed by atoms with E-state index in [1.54, 1.807) is 7.11 Å². The molecular weight excluding hydrogens is 422 g/mol. The molecule has 2 N–H and O–H groups in total. The van der Waals surface area contributed by atoms with E-state index in [2.05, 4.69) is 64.1 Å². The Hall–Kier alpha value is -2.44. The van der Waals surface area contributed by atoms with Gasteiger partial charge in [-0.3, -0.25) is 9.69 Å². The minimum Gasteiger partial charge on any atom is -0.383 e. The summed E-state index contributed by atoms with van der Waals surface area (Å²) >= 11 is 6.18. The number of halogens is 1. The number of benzene rings is 3. The molecule has 1 aliphatic rings. The number of fused-ring (bicyclic) bond motifs is 1. The van der Waals surface area contributed by atoms with Crippen molar-refractivity contribution in [3.8, 4) is 0 Å². The monoisotopic (exact) mass is 451 g/mol. The number of likely N-dealkylation sites (tertiary alicyclic amines) is 1. The second kappa shape index (κ2) is 10.9. The van der Waals surface area contributed by atoms with Crippen LogP contribution in [0.1, 0.15) is 17.5 Å². The Morgan fingerprint density at radius 1 is 1.12 bits per heavy atom. The van der Waals surface area contributed by atoms with Crippen LogP contribution < -0.4 is 10.6 Å². The van der Waals surface area contributed by atoms with Gasteiger partial charge in [-0.05, 0) is 40.5 Å². The van der Waals surface area contributed by atoms with Crippen molar-refractivity contribution in [1.82, 2.24) is 15.5 Å². The first-order chi connectivity index (χ1) is 15.6. The minimum atomic E-state index is -0.184. The topological polar surface area (TPSA) is 53.6 Å². The van der Waals surface area contributed by atoms with E-state index in [9.17, 15) is 4.79 Å². The van der Waals surface area contributed by atoms with Crippen molar-refractivity contribution in [2.24, 2.45) is 0 Å². The van der Waals surface area contributed by atoms with Crippen molar-refractivity contribution >= 4 is 28.3 Å². The molecule has 168 valence electrons. The molecule has 32 heavy (non-hydrogen) atoms. The molecule has 3 aromatic carbocycles. The van der Waals surface area contributed by atoms with E-state index < -0.39 is 0 Å². The Morgan fingerprint density at radius 2 is 1.94 bits per heavy atom. The van der Waals surface area contributed by atoms with Crippen LogP contribution in [0.5, 0.6) is 0 Å². The highest BCUT2D eigenvalue weighted by atomic mass is 35.5. The summed E-state index contributed by atoms with van der Waals surface area (Å²) in [7, 11) is 1.64. The molecule has 6 heteroatoms. The molecule has 0 unspecified atom stereocenters. The van der Waals surface area contributed by atoms with Gasteiger partial charge in [-0.2, -0.15) is 0 Å². The van der Waals surface area contributed by atoms with E-state index in [-0.39, 0.29) is 18.0 Å². The number of nitrogens with zero attached hydrogens (tertiary/aromatic N) is 1. The van der Waals surface area contributed by atoms with Gasteiger partial charge in [0, 0.05) is 44.4 Å². The van der Waals surface area contributed by atoms with Gasteiger partial charge >= 0.3 is 0 Å². The maximum absolute atomic E-state index is 12.9. The molecule has 1 heterocycles. The summed E-state index contributed by atoms with van der Waals surface area (Å²) in [6.45, 7) is 3.30. The molecule has 3 aromatic rings. The van der Waals surface area contributed by atoms with E-state index in [0.29, 0.717) is 24.7 Å². The fraction of sp³-hybridized carbons (Fsp3) is 0.346. The SMILES string of the molecule is COCCNC(=O)[C@@H]1C[C@@H](NCc2cccc3ccccc23)CN1Cc1cccc(Cl)c1. The smallest absolute Gasteiger partial charge is 0.237 e. The van der Waals surface area contributed by atoms with Crippen LogP contribution in [0.3, 0.4) is 0 Å². The van der Waals surface area contributed by atoms with Crippen LogP contribution >= 0.6 is 11.6 Å². The van der Waals surface area contributed by atoms with Crippen LogP contribution in [0.25, 0.3) is 10.8 Å². The van der Waals surface area contributed by atoms with Gasteiger partial charge < -0.3 is 15.4 Å². The molecule has 4 rings (SSSR count). The van der Waals surface area contributed by atoms with Crippen molar-refractivity contribution < 1.29 is 9.53 Å². The highest BCUT2D eigenvalue weighted by molar-refractivity contribution is 6.30. The molecule has 0 spiro atoms. The zero-order valence-corrected chi connectivity index (χ0v) is 19.1. The number of hydrogen-bond donors (Lipinski definition) is 2. The maximum atomic E-state index is 12.9. The summed E-state index contributed by atoms with van der Waals surface area (Å²) in [4.78, 5) is 15.2. The number of ether oxygens (including phenoxy) is 1. The Morgan fingerprint density at radius 3 is 2.78 bits per heavy atom. The number of methoxy groups -OCH3 is 1. The number of nitrogens with one attached hydrogen (secondary N) is 2. The normalized spacial score (nSPS) is 18.8. The molecule has 1 fully saturated rings. The lowest BCUT2D eigenvalue weighted by Gasteiger charge is -2.23. The molecule has 0 bridgehead atoms. The van der Waals surface area contributed by atoms with Crippen LogP contribution in [0.4, 0.5) is 0 Å². The Labute approximate surface area is 194 Å². The lowest BCUT2D eigenvalue weighted by atomic mass is 10.0. The molecule has 0 aliphatic carbocycles. The molecule has 1 aliphatic heterocycles. The maximum Gasteiger partial charge on any atom is 0.237 e. The van der Waals surface area contributed by atoms with Crippen molar-refractivity contribution in [2.75, 3.05) is 26.8 Å². The first kappa shape index (κ1) is 22.7. The fourth-order valence-electron chi connectivity index (χ4n) is 4.46. The number of amides is 1. The first-order valence-corrected chi connectivity index (χ1v) is 11.5. The van der Waals surface area contributed by atoms with Crippen molar-refractivity contribution in [1.29, 1.82) is 0 Å². The number of carbonyl (C=O) groups is 1. The van der Waals surface area contributed by atoms with Crippen LogP contribution in [0, 0.1) is 0 Å².